The van der Waals surface area contributed by atoms with Crippen LogP contribution in [-0.4, -0.2) is 4.89 Å². The molecule has 128 valence electrons. The monoisotopic (exact) mass is 364 g/mol. The molecule has 4 aromatic rings. The molecule has 0 spiro atoms. The van der Waals surface area contributed by atoms with Crippen molar-refractivity contribution >= 4 is 29.4 Å². The molecule has 0 saturated heterocycles. The molecule has 0 radical (unpaired) electrons. The molecule has 0 saturated carbocycles. The molecule has 26 heavy (non-hydrogen) atoms. The summed E-state index contributed by atoms with van der Waals surface area (Å²) in [6.45, 7) is 0. The van der Waals surface area contributed by atoms with E-state index in [1.165, 1.54) is 0 Å². The quantitative estimate of drug-likeness (QED) is 0.331. The van der Waals surface area contributed by atoms with Crippen LogP contribution in [0.1, 0.15) is 0 Å². The SMILES string of the molecule is O=P1(O)OOc2ccc3ccccc3c2-c2c(ccc3ccccc23)O1. The Morgan fingerprint density at radius 2 is 1.23 bits per heavy atom. The summed E-state index contributed by atoms with van der Waals surface area (Å²) in [5, 5.41) is 3.84. The lowest BCUT2D eigenvalue weighted by Gasteiger charge is -2.22. The van der Waals surface area contributed by atoms with E-state index in [9.17, 15) is 9.46 Å². The minimum atomic E-state index is -4.41. The van der Waals surface area contributed by atoms with Crippen LogP contribution < -0.4 is 9.41 Å². The van der Waals surface area contributed by atoms with Gasteiger partial charge in [-0.05, 0) is 33.7 Å². The summed E-state index contributed by atoms with van der Waals surface area (Å²) in [7, 11) is -4.41. The van der Waals surface area contributed by atoms with E-state index in [-0.39, 0.29) is 5.75 Å². The van der Waals surface area contributed by atoms with Gasteiger partial charge in [0.25, 0.3) is 0 Å². The first-order valence-corrected chi connectivity index (χ1v) is 9.54. The second kappa shape index (κ2) is 5.58. The van der Waals surface area contributed by atoms with E-state index in [2.05, 4.69) is 0 Å². The van der Waals surface area contributed by atoms with Crippen molar-refractivity contribution in [1.29, 1.82) is 0 Å². The summed E-state index contributed by atoms with van der Waals surface area (Å²) in [6, 6.07) is 22.8. The van der Waals surface area contributed by atoms with Crippen LogP contribution in [0.2, 0.25) is 0 Å². The van der Waals surface area contributed by atoms with Crippen LogP contribution in [0.5, 0.6) is 11.5 Å². The summed E-state index contributed by atoms with van der Waals surface area (Å²) in [6.07, 6.45) is 0. The van der Waals surface area contributed by atoms with E-state index in [1.54, 1.807) is 12.1 Å². The van der Waals surface area contributed by atoms with E-state index in [0.29, 0.717) is 11.3 Å². The molecule has 5 nitrogen and oxygen atoms in total. The zero-order chi connectivity index (χ0) is 17.7. The Balaban J connectivity index is 1.98. The molecule has 0 amide bonds. The van der Waals surface area contributed by atoms with Crippen molar-refractivity contribution in [2.75, 3.05) is 0 Å². The summed E-state index contributed by atoms with van der Waals surface area (Å²) < 4.78 is 22.2. The molecule has 1 unspecified atom stereocenters. The first kappa shape index (κ1) is 15.4. The molecule has 0 aliphatic carbocycles. The highest BCUT2D eigenvalue weighted by molar-refractivity contribution is 7.47. The molecular formula is C20H13O5P. The maximum absolute atomic E-state index is 12.2. The molecule has 4 aromatic carbocycles. The molecule has 1 atom stereocenters. The maximum atomic E-state index is 12.2. The van der Waals surface area contributed by atoms with E-state index in [4.69, 9.17) is 14.1 Å². The maximum Gasteiger partial charge on any atom is 0.564 e. The number of rotatable bonds is 0. The standard InChI is InChI=1S/C20H13O5P/c21-26(22)24-18-12-10-14-6-2-4-8-16(14)20(18)19-15-7-3-1-5-13(15)9-11-17(19)23-25-26/h1-12H,(H,21,22). The van der Waals surface area contributed by atoms with Crippen LogP contribution in [0.4, 0.5) is 0 Å². The molecular weight excluding hydrogens is 351 g/mol. The lowest BCUT2D eigenvalue weighted by Crippen LogP contribution is -2.06. The number of benzene rings is 4. The van der Waals surface area contributed by atoms with Gasteiger partial charge < -0.3 is 9.41 Å². The average molecular weight is 364 g/mol. The Hall–Kier alpha value is -2.85. The molecule has 1 heterocycles. The third-order valence-electron chi connectivity index (χ3n) is 4.47. The highest BCUT2D eigenvalue weighted by Crippen LogP contribution is 2.54. The van der Waals surface area contributed by atoms with Crippen molar-refractivity contribution in [1.82, 2.24) is 0 Å². The Kier molecular flexibility index (Phi) is 3.31. The number of phosphoric acid groups is 1. The third-order valence-corrected chi connectivity index (χ3v) is 5.16. The van der Waals surface area contributed by atoms with Crippen molar-refractivity contribution in [3.8, 4) is 22.6 Å². The van der Waals surface area contributed by atoms with Gasteiger partial charge in [0.1, 0.15) is 5.75 Å². The van der Waals surface area contributed by atoms with E-state index in [0.717, 1.165) is 27.1 Å². The van der Waals surface area contributed by atoms with Crippen molar-refractivity contribution in [3.63, 3.8) is 0 Å². The first-order chi connectivity index (χ1) is 12.6. The average Bonchev–Trinajstić information content (AvgIpc) is 2.65. The first-order valence-electron chi connectivity index (χ1n) is 8.05. The van der Waals surface area contributed by atoms with Gasteiger partial charge in [0.2, 0.25) is 0 Å². The molecule has 5 rings (SSSR count). The number of hydrogen-bond acceptors (Lipinski definition) is 4. The van der Waals surface area contributed by atoms with Gasteiger partial charge in [-0.1, -0.05) is 65.3 Å². The van der Waals surface area contributed by atoms with E-state index in [1.807, 2.05) is 60.7 Å². The topological polar surface area (TPSA) is 65.0 Å². The van der Waals surface area contributed by atoms with Crippen LogP contribution in [-0.2, 0) is 9.24 Å². The third kappa shape index (κ3) is 2.37. The van der Waals surface area contributed by atoms with Crippen molar-refractivity contribution in [3.05, 3.63) is 72.8 Å². The van der Waals surface area contributed by atoms with Crippen molar-refractivity contribution in [2.24, 2.45) is 0 Å². The van der Waals surface area contributed by atoms with Gasteiger partial charge in [-0.2, -0.15) is 0 Å². The number of hydrogen-bond donors (Lipinski definition) is 1. The smallest absolute Gasteiger partial charge is 0.402 e. The molecule has 0 bridgehead atoms. The van der Waals surface area contributed by atoms with Gasteiger partial charge in [0.05, 0.1) is 0 Å². The number of phosphoric ester groups is 1. The Labute approximate surface area is 148 Å². The molecule has 6 heteroatoms. The van der Waals surface area contributed by atoms with E-state index >= 15 is 0 Å². The zero-order valence-electron chi connectivity index (χ0n) is 13.5. The molecule has 1 aliphatic rings. The molecule has 1 aliphatic heterocycles. The summed E-state index contributed by atoms with van der Waals surface area (Å²) in [5.74, 6) is 0.634. The fraction of sp³-hybridized carbons (Fsp3) is 0. The van der Waals surface area contributed by atoms with E-state index < -0.39 is 7.82 Å². The summed E-state index contributed by atoms with van der Waals surface area (Å²) in [5.41, 5.74) is 1.46. The van der Waals surface area contributed by atoms with Crippen LogP contribution in [0.25, 0.3) is 32.7 Å². The fourth-order valence-corrected chi connectivity index (χ4v) is 4.00. The van der Waals surface area contributed by atoms with Crippen LogP contribution >= 0.6 is 7.82 Å². The van der Waals surface area contributed by atoms with Gasteiger partial charge in [0.15, 0.2) is 5.75 Å². The molecule has 0 aromatic heterocycles. The zero-order valence-corrected chi connectivity index (χ0v) is 14.4. The van der Waals surface area contributed by atoms with Gasteiger partial charge in [-0.25, -0.2) is 4.57 Å². The summed E-state index contributed by atoms with van der Waals surface area (Å²) >= 11 is 0. The minimum Gasteiger partial charge on any atom is -0.402 e. The second-order valence-electron chi connectivity index (χ2n) is 6.04. The molecule has 1 N–H and O–H groups in total. The lowest BCUT2D eigenvalue weighted by atomic mass is 9.92. The van der Waals surface area contributed by atoms with Gasteiger partial charge >= 0.3 is 7.82 Å². The van der Waals surface area contributed by atoms with Gasteiger partial charge in [-0.15, -0.1) is 0 Å². The normalized spacial score (nSPS) is 19.0. The predicted octanol–water partition coefficient (Wildman–Crippen LogP) is 5.46. The largest absolute Gasteiger partial charge is 0.564 e. The minimum absolute atomic E-state index is 0.274. The Morgan fingerprint density at radius 1 is 0.692 bits per heavy atom. The van der Waals surface area contributed by atoms with Crippen LogP contribution in [0.15, 0.2) is 72.8 Å². The van der Waals surface area contributed by atoms with Crippen LogP contribution in [0, 0.1) is 0 Å². The second-order valence-corrected chi connectivity index (χ2v) is 7.31. The van der Waals surface area contributed by atoms with Gasteiger partial charge in [-0.3, -0.25) is 4.89 Å². The Bertz CT molecular complexity index is 1220. The van der Waals surface area contributed by atoms with Crippen molar-refractivity contribution < 1.29 is 23.5 Å². The fourth-order valence-electron chi connectivity index (χ4n) is 3.39. The number of fused-ring (bicyclic) bond motifs is 7. The predicted molar refractivity (Wildman–Crippen MR) is 99.1 cm³/mol. The highest BCUT2D eigenvalue weighted by Gasteiger charge is 2.32. The lowest BCUT2D eigenvalue weighted by molar-refractivity contribution is -0.120. The summed E-state index contributed by atoms with van der Waals surface area (Å²) in [4.78, 5) is 15.1. The Morgan fingerprint density at radius 3 is 1.88 bits per heavy atom. The highest BCUT2D eigenvalue weighted by atomic mass is 31.2. The molecule has 0 fully saturated rings. The van der Waals surface area contributed by atoms with Crippen molar-refractivity contribution in [2.45, 2.75) is 0 Å². The van der Waals surface area contributed by atoms with Crippen LogP contribution in [0.3, 0.4) is 0 Å². The van der Waals surface area contributed by atoms with Gasteiger partial charge in [0, 0.05) is 11.1 Å².